The van der Waals surface area contributed by atoms with E-state index in [1.165, 1.54) is 17.7 Å². The van der Waals surface area contributed by atoms with Gasteiger partial charge in [-0.1, -0.05) is 30.3 Å². The Hall–Kier alpha value is -2.87. The molecule has 142 valence electrons. The van der Waals surface area contributed by atoms with Crippen LogP contribution in [0.25, 0.3) is 0 Å². The van der Waals surface area contributed by atoms with Crippen molar-refractivity contribution < 1.29 is 18.0 Å². The van der Waals surface area contributed by atoms with E-state index < -0.39 is 16.1 Å². The summed E-state index contributed by atoms with van der Waals surface area (Å²) in [6.07, 6.45) is 2.83. The Labute approximate surface area is 158 Å². The van der Waals surface area contributed by atoms with Gasteiger partial charge < -0.3 is 5.32 Å². The van der Waals surface area contributed by atoms with E-state index in [9.17, 15) is 18.0 Å². The van der Waals surface area contributed by atoms with E-state index in [1.807, 2.05) is 22.9 Å². The first-order valence-electron chi connectivity index (χ1n) is 8.71. The first-order valence-corrected chi connectivity index (χ1v) is 10.2. The van der Waals surface area contributed by atoms with E-state index in [2.05, 4.69) is 17.4 Å². The van der Waals surface area contributed by atoms with Crippen LogP contribution in [0.4, 0.5) is 5.69 Å². The number of nitrogens with one attached hydrogen (secondary N) is 2. The van der Waals surface area contributed by atoms with Gasteiger partial charge in [0.25, 0.3) is 11.8 Å². The Morgan fingerprint density at radius 3 is 2.37 bits per heavy atom. The predicted octanol–water partition coefficient (Wildman–Crippen LogP) is 1.62. The number of hydrogen-bond acceptors (Lipinski definition) is 4. The van der Waals surface area contributed by atoms with E-state index in [0.29, 0.717) is 17.8 Å². The van der Waals surface area contributed by atoms with Gasteiger partial charge in [0.15, 0.2) is 0 Å². The van der Waals surface area contributed by atoms with Crippen molar-refractivity contribution in [3.8, 4) is 0 Å². The Kier molecular flexibility index (Phi) is 5.75. The van der Waals surface area contributed by atoms with Crippen molar-refractivity contribution in [1.82, 2.24) is 10.0 Å². The maximum absolute atomic E-state index is 12.2. The quantitative estimate of drug-likeness (QED) is 0.706. The second-order valence-corrected chi connectivity index (χ2v) is 7.88. The highest BCUT2D eigenvalue weighted by atomic mass is 32.2. The van der Waals surface area contributed by atoms with Gasteiger partial charge in [-0.3, -0.25) is 9.59 Å². The lowest BCUT2D eigenvalue weighted by molar-refractivity contribution is -0.117. The van der Waals surface area contributed by atoms with Crippen molar-refractivity contribution in [3.05, 3.63) is 65.7 Å². The average Bonchev–Trinajstić information content (AvgIpc) is 2.94. The van der Waals surface area contributed by atoms with E-state index in [1.54, 1.807) is 12.1 Å². The summed E-state index contributed by atoms with van der Waals surface area (Å²) in [5, 5.41) is 2.86. The van der Waals surface area contributed by atoms with Gasteiger partial charge in [-0.05, 0) is 49.1 Å². The zero-order valence-corrected chi connectivity index (χ0v) is 15.5. The number of anilines is 1. The molecule has 3 rings (SSSR count). The molecule has 1 aliphatic rings. The largest absolute Gasteiger partial charge is 0.352 e. The number of aryl methyl sites for hydroxylation is 1. The summed E-state index contributed by atoms with van der Waals surface area (Å²) in [5.74, 6) is -0.785. The molecule has 0 spiro atoms. The van der Waals surface area contributed by atoms with E-state index in [-0.39, 0.29) is 12.5 Å². The van der Waals surface area contributed by atoms with Gasteiger partial charge in [0.2, 0.25) is 0 Å². The molecule has 2 aromatic rings. The van der Waals surface area contributed by atoms with E-state index >= 15 is 0 Å². The third kappa shape index (κ3) is 4.85. The van der Waals surface area contributed by atoms with Crippen LogP contribution in [0.1, 0.15) is 28.8 Å². The summed E-state index contributed by atoms with van der Waals surface area (Å²) < 4.78 is 26.5. The first-order chi connectivity index (χ1) is 13.0. The number of hydrogen-bond donors (Lipinski definition) is 2. The molecular formula is C19H21N3O4S. The molecule has 2 aromatic carbocycles. The fourth-order valence-corrected chi connectivity index (χ4v) is 4.01. The molecule has 2 N–H and O–H groups in total. The number of unbranched alkanes of at least 4 members (excludes halogenated alkanes) is 1. The monoisotopic (exact) mass is 387 g/mol. The third-order valence-electron chi connectivity index (χ3n) is 4.26. The van der Waals surface area contributed by atoms with Crippen LogP contribution in [0.3, 0.4) is 0 Å². The van der Waals surface area contributed by atoms with Crippen LogP contribution in [0.2, 0.25) is 0 Å². The van der Waals surface area contributed by atoms with Crippen LogP contribution >= 0.6 is 0 Å². The van der Waals surface area contributed by atoms with Crippen molar-refractivity contribution in [2.75, 3.05) is 17.4 Å². The number of benzene rings is 2. The molecule has 2 amide bonds. The van der Waals surface area contributed by atoms with Crippen LogP contribution in [-0.2, 0) is 21.4 Å². The highest BCUT2D eigenvalue weighted by Gasteiger charge is 2.33. The highest BCUT2D eigenvalue weighted by molar-refractivity contribution is 7.92. The van der Waals surface area contributed by atoms with Crippen LogP contribution in [0, 0.1) is 0 Å². The minimum absolute atomic E-state index is 0.209. The number of carbonyl (C=O) groups excluding carboxylic acids is 2. The van der Waals surface area contributed by atoms with Gasteiger partial charge in [0.05, 0.1) is 5.69 Å². The average molecular weight is 387 g/mol. The van der Waals surface area contributed by atoms with Crippen LogP contribution in [0.5, 0.6) is 0 Å². The maximum atomic E-state index is 12.2. The summed E-state index contributed by atoms with van der Waals surface area (Å²) in [6, 6.07) is 16.3. The SMILES string of the molecule is O=C1CN(c2ccc(C(=O)NCCCCc3ccccc3)cc2)S(=O)(=O)N1. The van der Waals surface area contributed by atoms with Gasteiger partial charge in [0, 0.05) is 12.1 Å². The Morgan fingerprint density at radius 1 is 1.04 bits per heavy atom. The molecule has 0 aliphatic carbocycles. The van der Waals surface area contributed by atoms with Crippen molar-refractivity contribution >= 4 is 27.7 Å². The molecule has 1 aliphatic heterocycles. The maximum Gasteiger partial charge on any atom is 0.326 e. The Morgan fingerprint density at radius 2 is 1.74 bits per heavy atom. The molecule has 1 saturated heterocycles. The van der Waals surface area contributed by atoms with Crippen molar-refractivity contribution in [2.45, 2.75) is 19.3 Å². The molecule has 0 saturated carbocycles. The molecule has 8 heteroatoms. The topological polar surface area (TPSA) is 95.6 Å². The molecule has 0 atom stereocenters. The van der Waals surface area contributed by atoms with Gasteiger partial charge in [-0.25, -0.2) is 9.03 Å². The number of amides is 2. The number of nitrogens with zero attached hydrogens (tertiary/aromatic N) is 1. The molecule has 7 nitrogen and oxygen atoms in total. The second kappa shape index (κ2) is 8.22. The van der Waals surface area contributed by atoms with E-state index in [4.69, 9.17) is 0 Å². The normalized spacial score (nSPS) is 15.4. The van der Waals surface area contributed by atoms with Gasteiger partial charge in [0.1, 0.15) is 6.54 Å². The fourth-order valence-electron chi connectivity index (χ4n) is 2.86. The third-order valence-corrected chi connectivity index (χ3v) is 5.66. The molecule has 0 radical (unpaired) electrons. The summed E-state index contributed by atoms with van der Waals surface area (Å²) in [7, 11) is -3.83. The van der Waals surface area contributed by atoms with Crippen LogP contribution < -0.4 is 14.3 Å². The molecule has 1 heterocycles. The van der Waals surface area contributed by atoms with Gasteiger partial charge in [-0.2, -0.15) is 8.42 Å². The lowest BCUT2D eigenvalue weighted by atomic mass is 10.1. The summed E-state index contributed by atoms with van der Waals surface area (Å²) >= 11 is 0. The van der Waals surface area contributed by atoms with Crippen molar-refractivity contribution in [1.29, 1.82) is 0 Å². The van der Waals surface area contributed by atoms with Gasteiger partial charge >= 0.3 is 10.2 Å². The molecule has 1 fully saturated rings. The summed E-state index contributed by atoms with van der Waals surface area (Å²) in [6.45, 7) is 0.321. The first kappa shape index (κ1) is 18.9. The minimum Gasteiger partial charge on any atom is -0.352 e. The molecule has 27 heavy (non-hydrogen) atoms. The predicted molar refractivity (Wildman–Crippen MR) is 103 cm³/mol. The fraction of sp³-hybridized carbons (Fsp3) is 0.263. The summed E-state index contributed by atoms with van der Waals surface area (Å²) in [5.41, 5.74) is 2.06. The van der Waals surface area contributed by atoms with Crippen LogP contribution in [0.15, 0.2) is 54.6 Å². The van der Waals surface area contributed by atoms with Crippen molar-refractivity contribution in [2.24, 2.45) is 0 Å². The zero-order valence-electron chi connectivity index (χ0n) is 14.7. The zero-order chi connectivity index (χ0) is 19.3. The minimum atomic E-state index is -3.83. The smallest absolute Gasteiger partial charge is 0.326 e. The van der Waals surface area contributed by atoms with E-state index in [0.717, 1.165) is 23.6 Å². The molecular weight excluding hydrogens is 366 g/mol. The Bertz CT molecular complexity index is 912. The number of rotatable bonds is 7. The molecule has 0 aromatic heterocycles. The Balaban J connectivity index is 1.47. The highest BCUT2D eigenvalue weighted by Crippen LogP contribution is 2.20. The van der Waals surface area contributed by atoms with Crippen LogP contribution in [-0.4, -0.2) is 33.3 Å². The standard InChI is InChI=1S/C19H21N3O4S/c23-18-14-22(27(25,26)21-18)17-11-9-16(10-12-17)19(24)20-13-5-4-8-15-6-2-1-3-7-15/h1-3,6-7,9-12H,4-5,8,13-14H2,(H,20,24)(H,21,23). The molecule has 0 bridgehead atoms. The lowest BCUT2D eigenvalue weighted by Gasteiger charge is -2.14. The summed E-state index contributed by atoms with van der Waals surface area (Å²) in [4.78, 5) is 23.5. The lowest BCUT2D eigenvalue weighted by Crippen LogP contribution is -2.29. The second-order valence-electron chi connectivity index (χ2n) is 6.28. The number of carbonyl (C=O) groups is 2. The molecule has 0 unspecified atom stereocenters. The van der Waals surface area contributed by atoms with Gasteiger partial charge in [-0.15, -0.1) is 0 Å². The van der Waals surface area contributed by atoms with Crippen molar-refractivity contribution in [3.63, 3.8) is 0 Å².